The van der Waals surface area contributed by atoms with Crippen LogP contribution in [0.15, 0.2) is 95.6 Å². The Kier molecular flexibility index (Phi) is 4.37. The molecule has 5 aromatic rings. The van der Waals surface area contributed by atoms with E-state index in [-0.39, 0.29) is 11.6 Å². The zero-order valence-corrected chi connectivity index (χ0v) is 15.7. The number of hydrogen-bond acceptors (Lipinski definition) is 4. The van der Waals surface area contributed by atoms with E-state index in [9.17, 15) is 9.50 Å². The molecule has 30 heavy (non-hydrogen) atoms. The quantitative estimate of drug-likeness (QED) is 0.422. The van der Waals surface area contributed by atoms with Crippen LogP contribution in [0.25, 0.3) is 39.5 Å². The zero-order valence-electron chi connectivity index (χ0n) is 15.7. The van der Waals surface area contributed by atoms with Crippen molar-refractivity contribution in [3.63, 3.8) is 0 Å². The van der Waals surface area contributed by atoms with Crippen molar-refractivity contribution in [3.8, 4) is 45.3 Å². The van der Waals surface area contributed by atoms with E-state index < -0.39 is 0 Å². The summed E-state index contributed by atoms with van der Waals surface area (Å²) in [5, 5.41) is 18.5. The molecule has 0 bridgehead atoms. The van der Waals surface area contributed by atoms with Crippen LogP contribution in [-0.2, 0) is 0 Å². The Morgan fingerprint density at radius 1 is 0.833 bits per heavy atom. The van der Waals surface area contributed by atoms with Gasteiger partial charge in [-0.05, 0) is 60.7 Å². The molecule has 5 nitrogen and oxygen atoms in total. The summed E-state index contributed by atoms with van der Waals surface area (Å²) < 4.78 is 20.8. The van der Waals surface area contributed by atoms with Gasteiger partial charge in [-0.25, -0.2) is 9.07 Å². The second-order valence-corrected chi connectivity index (χ2v) is 6.80. The lowest BCUT2D eigenvalue weighted by Gasteiger charge is -2.00. The number of aromatic hydroxyl groups is 1. The molecule has 0 radical (unpaired) electrons. The highest BCUT2D eigenvalue weighted by Gasteiger charge is 2.18. The highest BCUT2D eigenvalue weighted by atomic mass is 19.1. The van der Waals surface area contributed by atoms with Crippen molar-refractivity contribution in [2.45, 2.75) is 0 Å². The number of para-hydroxylation sites is 1. The van der Waals surface area contributed by atoms with Crippen LogP contribution < -0.4 is 0 Å². The normalized spacial score (nSPS) is 11.0. The van der Waals surface area contributed by atoms with Gasteiger partial charge in [0.1, 0.15) is 23.0 Å². The largest absolute Gasteiger partial charge is 0.508 e. The molecular weight excluding hydrogens is 381 g/mol. The predicted octanol–water partition coefficient (Wildman–Crippen LogP) is 5.71. The van der Waals surface area contributed by atoms with Gasteiger partial charge in [0.15, 0.2) is 5.76 Å². The number of nitrogens with zero attached hydrogens (tertiary/aromatic N) is 3. The topological polar surface area (TPSA) is 64.1 Å². The molecule has 0 amide bonds. The highest BCUT2D eigenvalue weighted by Crippen LogP contribution is 2.34. The Hall–Kier alpha value is -4.19. The Bertz CT molecular complexity index is 1290. The molecule has 0 fully saturated rings. The summed E-state index contributed by atoms with van der Waals surface area (Å²) in [6.45, 7) is 0. The van der Waals surface area contributed by atoms with Crippen LogP contribution in [0.2, 0.25) is 0 Å². The average molecular weight is 397 g/mol. The highest BCUT2D eigenvalue weighted by molar-refractivity contribution is 5.80. The molecule has 0 aliphatic carbocycles. The van der Waals surface area contributed by atoms with Gasteiger partial charge < -0.3 is 9.63 Å². The van der Waals surface area contributed by atoms with Gasteiger partial charge >= 0.3 is 0 Å². The van der Waals surface area contributed by atoms with Crippen LogP contribution in [0.4, 0.5) is 4.39 Å². The van der Waals surface area contributed by atoms with Gasteiger partial charge in [-0.1, -0.05) is 23.4 Å². The molecule has 3 aromatic carbocycles. The minimum Gasteiger partial charge on any atom is -0.508 e. The number of rotatable bonds is 4. The lowest BCUT2D eigenvalue weighted by Crippen LogP contribution is -1.94. The first kappa shape index (κ1) is 17.9. The number of hydrogen-bond donors (Lipinski definition) is 1. The van der Waals surface area contributed by atoms with Crippen molar-refractivity contribution in [2.75, 3.05) is 0 Å². The Balaban J connectivity index is 1.62. The van der Waals surface area contributed by atoms with Crippen LogP contribution in [0.1, 0.15) is 0 Å². The SMILES string of the molecule is Oc1ccc(-c2cc(-c3cn(-c4ccccc4)nc3-c3ccc(F)cc3)no2)cc1. The molecule has 0 saturated heterocycles. The molecule has 2 heterocycles. The summed E-state index contributed by atoms with van der Waals surface area (Å²) in [6, 6.07) is 24.5. The summed E-state index contributed by atoms with van der Waals surface area (Å²) in [6.07, 6.45) is 1.88. The smallest absolute Gasteiger partial charge is 0.167 e. The summed E-state index contributed by atoms with van der Waals surface area (Å²) in [5.74, 6) is 0.447. The summed E-state index contributed by atoms with van der Waals surface area (Å²) >= 11 is 0. The van der Waals surface area contributed by atoms with Gasteiger partial charge in [0.25, 0.3) is 0 Å². The molecule has 6 heteroatoms. The van der Waals surface area contributed by atoms with Crippen molar-refractivity contribution in [1.29, 1.82) is 0 Å². The van der Waals surface area contributed by atoms with E-state index in [1.54, 1.807) is 41.1 Å². The molecular formula is C24H16FN3O2. The van der Waals surface area contributed by atoms with Gasteiger partial charge in [0, 0.05) is 23.4 Å². The van der Waals surface area contributed by atoms with Gasteiger partial charge in [0.2, 0.25) is 0 Å². The summed E-state index contributed by atoms with van der Waals surface area (Å²) in [4.78, 5) is 0. The van der Waals surface area contributed by atoms with Gasteiger partial charge in [-0.2, -0.15) is 5.10 Å². The molecule has 0 unspecified atom stereocenters. The number of aromatic nitrogens is 3. The molecule has 0 aliphatic rings. The fourth-order valence-electron chi connectivity index (χ4n) is 3.26. The number of benzene rings is 3. The Morgan fingerprint density at radius 2 is 1.53 bits per heavy atom. The number of halogens is 1. The number of phenolic OH excluding ortho intramolecular Hbond substituents is 1. The molecule has 0 saturated carbocycles. The fourth-order valence-corrected chi connectivity index (χ4v) is 3.26. The molecule has 5 rings (SSSR count). The first-order valence-electron chi connectivity index (χ1n) is 9.35. The Morgan fingerprint density at radius 3 is 2.27 bits per heavy atom. The van der Waals surface area contributed by atoms with E-state index in [1.807, 2.05) is 42.6 Å². The summed E-state index contributed by atoms with van der Waals surface area (Å²) in [5.41, 5.74) is 4.51. The van der Waals surface area contributed by atoms with E-state index in [1.165, 1.54) is 12.1 Å². The molecule has 1 N–H and O–H groups in total. The van der Waals surface area contributed by atoms with E-state index in [0.29, 0.717) is 17.1 Å². The number of phenols is 1. The maximum atomic E-state index is 13.4. The van der Waals surface area contributed by atoms with Gasteiger partial charge in [-0.15, -0.1) is 0 Å². The lowest BCUT2D eigenvalue weighted by atomic mass is 10.1. The summed E-state index contributed by atoms with van der Waals surface area (Å²) in [7, 11) is 0. The second-order valence-electron chi connectivity index (χ2n) is 6.80. The average Bonchev–Trinajstić information content (AvgIpc) is 3.43. The Labute approximate surface area is 171 Å². The van der Waals surface area contributed by atoms with Gasteiger partial charge in [-0.3, -0.25) is 0 Å². The minimum atomic E-state index is -0.307. The molecule has 2 aromatic heterocycles. The maximum Gasteiger partial charge on any atom is 0.167 e. The molecule has 0 spiro atoms. The first-order chi connectivity index (χ1) is 14.7. The fraction of sp³-hybridized carbons (Fsp3) is 0. The lowest BCUT2D eigenvalue weighted by molar-refractivity contribution is 0.434. The first-order valence-corrected chi connectivity index (χ1v) is 9.35. The van der Waals surface area contributed by atoms with E-state index in [0.717, 1.165) is 22.4 Å². The zero-order chi connectivity index (χ0) is 20.5. The minimum absolute atomic E-state index is 0.182. The maximum absolute atomic E-state index is 13.4. The van der Waals surface area contributed by atoms with Crippen LogP contribution in [0.3, 0.4) is 0 Å². The van der Waals surface area contributed by atoms with Gasteiger partial charge in [0.05, 0.1) is 11.3 Å². The second kappa shape index (κ2) is 7.33. The molecule has 146 valence electrons. The predicted molar refractivity (Wildman–Crippen MR) is 112 cm³/mol. The van der Waals surface area contributed by atoms with E-state index in [2.05, 4.69) is 5.16 Å². The van der Waals surface area contributed by atoms with Crippen LogP contribution in [0, 0.1) is 5.82 Å². The third kappa shape index (κ3) is 3.35. The molecule has 0 atom stereocenters. The van der Waals surface area contributed by atoms with Crippen LogP contribution in [0.5, 0.6) is 5.75 Å². The van der Waals surface area contributed by atoms with Crippen molar-refractivity contribution in [1.82, 2.24) is 14.9 Å². The van der Waals surface area contributed by atoms with E-state index >= 15 is 0 Å². The van der Waals surface area contributed by atoms with Crippen molar-refractivity contribution in [3.05, 3.63) is 96.9 Å². The van der Waals surface area contributed by atoms with E-state index in [4.69, 9.17) is 9.62 Å². The van der Waals surface area contributed by atoms with Crippen LogP contribution >= 0.6 is 0 Å². The molecule has 0 aliphatic heterocycles. The standard InChI is InChI=1S/C24H16FN3O2/c25-18-10-6-17(7-11-18)24-21(15-28(26-24)19-4-2-1-3-5-19)22-14-23(30-27-22)16-8-12-20(29)13-9-16/h1-15,29H. The van der Waals surface area contributed by atoms with Crippen molar-refractivity contribution in [2.24, 2.45) is 0 Å². The third-order valence-corrected chi connectivity index (χ3v) is 4.79. The van der Waals surface area contributed by atoms with Crippen LogP contribution in [-0.4, -0.2) is 20.0 Å². The van der Waals surface area contributed by atoms with Crippen molar-refractivity contribution < 1.29 is 14.0 Å². The van der Waals surface area contributed by atoms with Crippen molar-refractivity contribution >= 4 is 0 Å². The third-order valence-electron chi connectivity index (χ3n) is 4.79. The monoisotopic (exact) mass is 397 g/mol.